The first-order valence-corrected chi connectivity index (χ1v) is 10.5. The minimum atomic E-state index is -3.98. The van der Waals surface area contributed by atoms with E-state index in [0.717, 1.165) is 0 Å². The van der Waals surface area contributed by atoms with Crippen molar-refractivity contribution in [1.82, 2.24) is 0 Å². The summed E-state index contributed by atoms with van der Waals surface area (Å²) in [6.45, 7) is 0. The zero-order valence-corrected chi connectivity index (χ0v) is 16.7. The summed E-state index contributed by atoms with van der Waals surface area (Å²) in [5.41, 5.74) is 1.33. The fourth-order valence-corrected chi connectivity index (χ4v) is 4.85. The molecule has 0 saturated carbocycles. The van der Waals surface area contributed by atoms with Gasteiger partial charge < -0.3 is 4.90 Å². The van der Waals surface area contributed by atoms with Crippen LogP contribution in [-0.2, 0) is 9.84 Å². The smallest absolute Gasteiger partial charge is 0.214 e. The number of Topliss-reactive ketones (excluding diaryl/α,β-unsaturated/α-hetero) is 1. The summed E-state index contributed by atoms with van der Waals surface area (Å²) in [5.74, 6) is -0.569. The largest absolute Gasteiger partial charge is 0.314 e. The van der Waals surface area contributed by atoms with Crippen LogP contribution in [0.1, 0.15) is 10.4 Å². The first kappa shape index (κ1) is 18.7. The Kier molecular flexibility index (Phi) is 4.75. The second-order valence-electron chi connectivity index (χ2n) is 6.13. The zero-order chi connectivity index (χ0) is 19.9. The van der Waals surface area contributed by atoms with Gasteiger partial charge in [-0.1, -0.05) is 65.7 Å². The van der Waals surface area contributed by atoms with E-state index in [4.69, 9.17) is 23.2 Å². The van der Waals surface area contributed by atoms with Gasteiger partial charge in [-0.15, -0.1) is 0 Å². The standard InChI is InChI=1S/C21H13Cl2NO3S/c22-16-11-10-15(12-17(16)23)24-13-20(21(25)14-6-2-1-3-7-14)28(26,27)19-9-5-4-8-18(19)24/h1-13H. The molecule has 0 N–H and O–H groups in total. The number of anilines is 2. The molecule has 1 aliphatic heterocycles. The lowest BCUT2D eigenvalue weighted by atomic mass is 10.1. The van der Waals surface area contributed by atoms with Crippen molar-refractivity contribution in [3.8, 4) is 0 Å². The Morgan fingerprint density at radius 1 is 0.821 bits per heavy atom. The summed E-state index contributed by atoms with van der Waals surface area (Å²) in [7, 11) is -3.98. The van der Waals surface area contributed by atoms with Gasteiger partial charge >= 0.3 is 0 Å². The van der Waals surface area contributed by atoms with Crippen molar-refractivity contribution in [2.75, 3.05) is 4.90 Å². The lowest BCUT2D eigenvalue weighted by molar-refractivity contribution is 0.104. The summed E-state index contributed by atoms with van der Waals surface area (Å²) in [5, 5.41) is 0.710. The number of hydrogen-bond acceptors (Lipinski definition) is 4. The van der Waals surface area contributed by atoms with E-state index in [1.54, 1.807) is 71.6 Å². The third kappa shape index (κ3) is 3.11. The van der Waals surface area contributed by atoms with E-state index in [0.29, 0.717) is 27.0 Å². The molecule has 0 fully saturated rings. The molecule has 4 nitrogen and oxygen atoms in total. The number of para-hydroxylation sites is 1. The highest BCUT2D eigenvalue weighted by molar-refractivity contribution is 7.96. The molecular formula is C21H13Cl2NO3S. The van der Waals surface area contributed by atoms with Crippen LogP contribution in [-0.4, -0.2) is 14.2 Å². The average molecular weight is 430 g/mol. The predicted octanol–water partition coefficient (Wildman–Crippen LogP) is 5.64. The van der Waals surface area contributed by atoms with Gasteiger partial charge in [0.05, 0.1) is 20.6 Å². The van der Waals surface area contributed by atoms with Gasteiger partial charge in [-0.2, -0.15) is 0 Å². The van der Waals surface area contributed by atoms with Gasteiger partial charge in [0, 0.05) is 17.5 Å². The Bertz CT molecular complexity index is 1220. The highest BCUT2D eigenvalue weighted by atomic mass is 35.5. The number of fused-ring (bicyclic) bond motifs is 1. The van der Waals surface area contributed by atoms with Crippen molar-refractivity contribution in [3.05, 3.63) is 99.5 Å². The molecule has 1 heterocycles. The van der Waals surface area contributed by atoms with Crippen molar-refractivity contribution < 1.29 is 13.2 Å². The van der Waals surface area contributed by atoms with E-state index in [9.17, 15) is 13.2 Å². The number of hydrogen-bond donors (Lipinski definition) is 0. The van der Waals surface area contributed by atoms with Crippen LogP contribution in [0.25, 0.3) is 0 Å². The molecule has 28 heavy (non-hydrogen) atoms. The third-order valence-corrected chi connectivity index (χ3v) is 6.92. The maximum absolute atomic E-state index is 13.2. The molecule has 0 amide bonds. The van der Waals surface area contributed by atoms with E-state index in [2.05, 4.69) is 0 Å². The van der Waals surface area contributed by atoms with Crippen LogP contribution in [0.15, 0.2) is 88.8 Å². The molecule has 0 aromatic heterocycles. The van der Waals surface area contributed by atoms with Crippen LogP contribution in [0.3, 0.4) is 0 Å². The number of sulfone groups is 1. The average Bonchev–Trinajstić information content (AvgIpc) is 2.71. The lowest BCUT2D eigenvalue weighted by Gasteiger charge is -2.29. The molecule has 0 unspecified atom stereocenters. The minimum Gasteiger partial charge on any atom is -0.314 e. The molecule has 1 aliphatic rings. The van der Waals surface area contributed by atoms with Crippen molar-refractivity contribution in [2.24, 2.45) is 0 Å². The predicted molar refractivity (Wildman–Crippen MR) is 111 cm³/mol. The molecule has 0 radical (unpaired) electrons. The normalized spacial score (nSPS) is 14.9. The quantitative estimate of drug-likeness (QED) is 0.505. The number of ketones is 1. The van der Waals surface area contributed by atoms with Crippen molar-refractivity contribution in [1.29, 1.82) is 0 Å². The van der Waals surface area contributed by atoms with Gasteiger partial charge in [-0.05, 0) is 30.3 Å². The van der Waals surface area contributed by atoms with E-state index in [1.807, 2.05) is 0 Å². The molecule has 3 aromatic carbocycles. The van der Waals surface area contributed by atoms with Crippen LogP contribution in [0, 0.1) is 0 Å². The summed E-state index contributed by atoms with van der Waals surface area (Å²) in [6.07, 6.45) is 1.34. The Morgan fingerprint density at radius 3 is 2.21 bits per heavy atom. The third-order valence-electron chi connectivity index (χ3n) is 4.39. The molecule has 4 rings (SSSR count). The van der Waals surface area contributed by atoms with Gasteiger partial charge in [-0.3, -0.25) is 4.79 Å². The molecule has 0 aliphatic carbocycles. The Hall–Kier alpha value is -2.60. The van der Waals surface area contributed by atoms with Gasteiger partial charge in [-0.25, -0.2) is 8.42 Å². The number of nitrogens with zero attached hydrogens (tertiary/aromatic N) is 1. The second-order valence-corrected chi connectivity index (χ2v) is 8.83. The maximum atomic E-state index is 13.2. The lowest BCUT2D eigenvalue weighted by Crippen LogP contribution is -2.25. The van der Waals surface area contributed by atoms with Gasteiger partial charge in [0.1, 0.15) is 4.91 Å². The van der Waals surface area contributed by atoms with Crippen molar-refractivity contribution in [3.63, 3.8) is 0 Å². The molecule has 3 aromatic rings. The van der Waals surface area contributed by atoms with Crippen LogP contribution in [0.2, 0.25) is 10.0 Å². The van der Waals surface area contributed by atoms with Crippen molar-refractivity contribution in [2.45, 2.75) is 4.90 Å². The van der Waals surface area contributed by atoms with Crippen LogP contribution < -0.4 is 4.90 Å². The number of rotatable bonds is 3. The fourth-order valence-electron chi connectivity index (χ4n) is 3.02. The van der Waals surface area contributed by atoms with E-state index < -0.39 is 15.6 Å². The molecule has 0 spiro atoms. The van der Waals surface area contributed by atoms with Crippen molar-refractivity contribution >= 4 is 50.2 Å². The number of benzene rings is 3. The Morgan fingerprint density at radius 2 is 1.50 bits per heavy atom. The summed E-state index contributed by atoms with van der Waals surface area (Å²) >= 11 is 12.2. The van der Waals surface area contributed by atoms with Crippen LogP contribution in [0.5, 0.6) is 0 Å². The molecule has 0 atom stereocenters. The fraction of sp³-hybridized carbons (Fsp3) is 0. The zero-order valence-electron chi connectivity index (χ0n) is 14.3. The summed E-state index contributed by atoms with van der Waals surface area (Å²) in [4.78, 5) is 14.4. The first-order chi connectivity index (χ1) is 13.4. The number of halogens is 2. The number of allylic oxidation sites excluding steroid dienone is 1. The Balaban J connectivity index is 1.94. The molecule has 140 valence electrons. The second kappa shape index (κ2) is 7.09. The number of carbonyl (C=O) groups is 1. The minimum absolute atomic E-state index is 0.0582. The highest BCUT2D eigenvalue weighted by Crippen LogP contribution is 2.41. The topological polar surface area (TPSA) is 54.5 Å². The van der Waals surface area contributed by atoms with Crippen LogP contribution in [0.4, 0.5) is 11.4 Å². The SMILES string of the molecule is O=C(C1=CN(c2ccc(Cl)c(Cl)c2)c2ccccc2S1(=O)=O)c1ccccc1. The summed E-state index contributed by atoms with van der Waals surface area (Å²) in [6, 6.07) is 19.8. The molecule has 0 saturated heterocycles. The van der Waals surface area contributed by atoms with E-state index >= 15 is 0 Å². The number of carbonyl (C=O) groups excluding carboxylic acids is 1. The highest BCUT2D eigenvalue weighted by Gasteiger charge is 2.36. The van der Waals surface area contributed by atoms with Gasteiger partial charge in [0.25, 0.3) is 0 Å². The maximum Gasteiger partial charge on any atom is 0.214 e. The first-order valence-electron chi connectivity index (χ1n) is 8.29. The van der Waals surface area contributed by atoms with E-state index in [-0.39, 0.29) is 9.80 Å². The van der Waals surface area contributed by atoms with Gasteiger partial charge in [0.2, 0.25) is 15.6 Å². The van der Waals surface area contributed by atoms with E-state index in [1.165, 1.54) is 12.3 Å². The monoisotopic (exact) mass is 429 g/mol. The van der Waals surface area contributed by atoms with Crippen LogP contribution >= 0.6 is 23.2 Å². The molecular weight excluding hydrogens is 417 g/mol. The Labute approximate surface area is 172 Å². The summed E-state index contributed by atoms with van der Waals surface area (Å²) < 4.78 is 26.3. The molecule has 0 bridgehead atoms. The van der Waals surface area contributed by atoms with Gasteiger partial charge in [0.15, 0.2) is 0 Å². The molecule has 7 heteroatoms.